The van der Waals surface area contributed by atoms with Gasteiger partial charge in [-0.05, 0) is 43.9 Å². The number of esters is 1. The Morgan fingerprint density at radius 1 is 1.09 bits per heavy atom. The Hall–Kier alpha value is -2.24. The van der Waals surface area contributed by atoms with Crippen molar-refractivity contribution in [3.05, 3.63) is 23.8 Å². The maximum atomic E-state index is 11.9. The monoisotopic (exact) mass is 319 g/mol. The van der Waals surface area contributed by atoms with Crippen LogP contribution in [0.4, 0.5) is 11.4 Å². The number of carbonyl (C=O) groups excluding carboxylic acids is 2. The summed E-state index contributed by atoms with van der Waals surface area (Å²) in [5, 5.41) is 0. The molecule has 1 aliphatic heterocycles. The van der Waals surface area contributed by atoms with Crippen molar-refractivity contribution in [2.24, 2.45) is 0 Å². The minimum absolute atomic E-state index is 0.278. The number of unbranched alkanes of at least 4 members (excludes halogenated alkanes) is 3. The van der Waals surface area contributed by atoms with Gasteiger partial charge in [-0.3, -0.25) is 4.79 Å². The zero-order valence-electron chi connectivity index (χ0n) is 13.4. The number of ether oxygens (including phenoxy) is 1. The van der Waals surface area contributed by atoms with Crippen LogP contribution in [-0.4, -0.2) is 36.5 Å². The van der Waals surface area contributed by atoms with Gasteiger partial charge >= 0.3 is 5.97 Å². The van der Waals surface area contributed by atoms with E-state index < -0.39 is 5.97 Å². The van der Waals surface area contributed by atoms with Gasteiger partial charge in [0.15, 0.2) is 0 Å². The predicted octanol–water partition coefficient (Wildman–Crippen LogP) is 2.19. The summed E-state index contributed by atoms with van der Waals surface area (Å²) in [5.74, 6) is -0.119. The first kappa shape index (κ1) is 17.1. The molecule has 126 valence electrons. The Morgan fingerprint density at radius 2 is 1.78 bits per heavy atom. The first-order valence-electron chi connectivity index (χ1n) is 8.17. The summed E-state index contributed by atoms with van der Waals surface area (Å²) in [6, 6.07) is 4.72. The Bertz CT molecular complexity index is 540. The van der Waals surface area contributed by atoms with Crippen molar-refractivity contribution in [3.63, 3.8) is 0 Å². The van der Waals surface area contributed by atoms with Crippen LogP contribution >= 0.6 is 0 Å². The fraction of sp³-hybridized carbons (Fsp3) is 0.529. The van der Waals surface area contributed by atoms with E-state index in [4.69, 9.17) is 16.2 Å². The topological polar surface area (TPSA) is 98.7 Å². The highest BCUT2D eigenvalue weighted by molar-refractivity contribution is 5.91. The highest BCUT2D eigenvalue weighted by Crippen LogP contribution is 2.15. The predicted molar refractivity (Wildman–Crippen MR) is 89.8 cm³/mol. The molecule has 2 rings (SSSR count). The molecule has 0 bridgehead atoms. The van der Waals surface area contributed by atoms with Crippen LogP contribution in [0.25, 0.3) is 0 Å². The zero-order chi connectivity index (χ0) is 16.7. The molecular formula is C17H25N3O3. The zero-order valence-corrected chi connectivity index (χ0v) is 13.4. The molecule has 0 atom stereocenters. The van der Waals surface area contributed by atoms with Gasteiger partial charge in [0.2, 0.25) is 5.91 Å². The van der Waals surface area contributed by atoms with Crippen LogP contribution in [0.3, 0.4) is 0 Å². The maximum absolute atomic E-state index is 11.9. The summed E-state index contributed by atoms with van der Waals surface area (Å²) in [6.45, 7) is 2.14. The number of hydrogen-bond donors (Lipinski definition) is 2. The molecule has 6 heteroatoms. The molecule has 23 heavy (non-hydrogen) atoms. The lowest BCUT2D eigenvalue weighted by atomic mass is 10.1. The van der Waals surface area contributed by atoms with E-state index in [1.807, 2.05) is 4.90 Å². The Kier molecular flexibility index (Phi) is 6.26. The van der Waals surface area contributed by atoms with Gasteiger partial charge in [-0.1, -0.05) is 6.42 Å². The average Bonchev–Trinajstić information content (AvgIpc) is 2.90. The molecule has 1 aliphatic rings. The molecule has 0 radical (unpaired) electrons. The SMILES string of the molecule is Nc1cc(N)cc(C(=O)OCCCCCCN2CCCC2=O)c1. The van der Waals surface area contributed by atoms with E-state index in [1.165, 1.54) is 0 Å². The van der Waals surface area contributed by atoms with Crippen molar-refractivity contribution >= 4 is 23.3 Å². The van der Waals surface area contributed by atoms with E-state index >= 15 is 0 Å². The number of nitrogens with two attached hydrogens (primary N) is 2. The number of likely N-dealkylation sites (tertiary alicyclic amines) is 1. The number of anilines is 2. The van der Waals surface area contributed by atoms with Crippen LogP contribution in [0.2, 0.25) is 0 Å². The molecular weight excluding hydrogens is 294 g/mol. The van der Waals surface area contributed by atoms with Crippen molar-refractivity contribution in [1.82, 2.24) is 4.90 Å². The number of rotatable bonds is 8. The van der Waals surface area contributed by atoms with Crippen molar-refractivity contribution in [2.45, 2.75) is 38.5 Å². The van der Waals surface area contributed by atoms with Crippen LogP contribution in [0.1, 0.15) is 48.9 Å². The molecule has 0 unspecified atom stereocenters. The van der Waals surface area contributed by atoms with Gasteiger partial charge in [-0.2, -0.15) is 0 Å². The molecule has 1 fully saturated rings. The number of hydrogen-bond acceptors (Lipinski definition) is 5. The molecule has 0 aliphatic carbocycles. The number of amides is 1. The normalized spacial score (nSPS) is 14.3. The standard InChI is InChI=1S/C17H25N3O3/c18-14-10-13(11-15(19)12-14)17(22)23-9-4-2-1-3-7-20-8-5-6-16(20)21/h10-12H,1-9,18-19H2. The second-order valence-corrected chi connectivity index (χ2v) is 5.92. The fourth-order valence-electron chi connectivity index (χ4n) is 2.74. The molecule has 0 spiro atoms. The van der Waals surface area contributed by atoms with Gasteiger partial charge in [-0.15, -0.1) is 0 Å². The molecule has 1 heterocycles. The molecule has 1 aromatic carbocycles. The number of carbonyl (C=O) groups is 2. The van der Waals surface area contributed by atoms with E-state index in [-0.39, 0.29) is 5.91 Å². The largest absolute Gasteiger partial charge is 0.462 e. The third kappa shape index (κ3) is 5.47. The van der Waals surface area contributed by atoms with Crippen LogP contribution in [0, 0.1) is 0 Å². The molecule has 0 aromatic heterocycles. The van der Waals surface area contributed by atoms with E-state index in [9.17, 15) is 9.59 Å². The summed E-state index contributed by atoms with van der Waals surface area (Å²) in [6.07, 6.45) is 5.53. The van der Waals surface area contributed by atoms with Gasteiger partial charge in [0.25, 0.3) is 0 Å². The average molecular weight is 319 g/mol. The number of nitrogen functional groups attached to an aromatic ring is 2. The van der Waals surface area contributed by atoms with E-state index in [0.717, 1.165) is 45.2 Å². The van der Waals surface area contributed by atoms with Crippen molar-refractivity contribution in [3.8, 4) is 0 Å². The number of nitrogens with zero attached hydrogens (tertiary/aromatic N) is 1. The van der Waals surface area contributed by atoms with Gasteiger partial charge in [0, 0.05) is 30.9 Å². The molecule has 1 amide bonds. The van der Waals surface area contributed by atoms with Gasteiger partial charge in [-0.25, -0.2) is 4.79 Å². The summed E-state index contributed by atoms with van der Waals surface area (Å²) in [7, 11) is 0. The Balaban J connectivity index is 1.56. The van der Waals surface area contributed by atoms with Crippen molar-refractivity contribution in [2.75, 3.05) is 31.2 Å². The van der Waals surface area contributed by atoms with Crippen molar-refractivity contribution in [1.29, 1.82) is 0 Å². The number of benzene rings is 1. The van der Waals surface area contributed by atoms with E-state index in [2.05, 4.69) is 0 Å². The van der Waals surface area contributed by atoms with Crippen LogP contribution in [0.15, 0.2) is 18.2 Å². The molecule has 6 nitrogen and oxygen atoms in total. The van der Waals surface area contributed by atoms with E-state index in [0.29, 0.717) is 30.0 Å². The minimum Gasteiger partial charge on any atom is -0.462 e. The van der Waals surface area contributed by atoms with Gasteiger partial charge in [0.1, 0.15) is 0 Å². The Labute approximate surface area is 136 Å². The molecule has 4 N–H and O–H groups in total. The first-order chi connectivity index (χ1) is 11.1. The summed E-state index contributed by atoms with van der Waals surface area (Å²) in [5.41, 5.74) is 12.6. The Morgan fingerprint density at radius 3 is 2.43 bits per heavy atom. The maximum Gasteiger partial charge on any atom is 0.338 e. The second kappa shape index (κ2) is 8.41. The highest BCUT2D eigenvalue weighted by Gasteiger charge is 2.18. The van der Waals surface area contributed by atoms with Gasteiger partial charge in [0.05, 0.1) is 12.2 Å². The molecule has 1 aromatic rings. The highest BCUT2D eigenvalue weighted by atomic mass is 16.5. The molecule has 0 saturated carbocycles. The summed E-state index contributed by atoms with van der Waals surface area (Å²) in [4.78, 5) is 25.3. The van der Waals surface area contributed by atoms with Gasteiger partial charge < -0.3 is 21.1 Å². The summed E-state index contributed by atoms with van der Waals surface area (Å²) < 4.78 is 5.22. The third-order valence-corrected chi connectivity index (χ3v) is 3.94. The lowest BCUT2D eigenvalue weighted by molar-refractivity contribution is -0.127. The van der Waals surface area contributed by atoms with E-state index in [1.54, 1.807) is 18.2 Å². The van der Waals surface area contributed by atoms with Crippen LogP contribution < -0.4 is 11.5 Å². The lowest BCUT2D eigenvalue weighted by Crippen LogP contribution is -2.25. The second-order valence-electron chi connectivity index (χ2n) is 5.92. The molecule has 1 saturated heterocycles. The third-order valence-electron chi connectivity index (χ3n) is 3.94. The fourth-order valence-corrected chi connectivity index (χ4v) is 2.74. The smallest absolute Gasteiger partial charge is 0.338 e. The van der Waals surface area contributed by atoms with Crippen molar-refractivity contribution < 1.29 is 14.3 Å². The lowest BCUT2D eigenvalue weighted by Gasteiger charge is -2.14. The van der Waals surface area contributed by atoms with Crippen LogP contribution in [-0.2, 0) is 9.53 Å². The summed E-state index contributed by atoms with van der Waals surface area (Å²) >= 11 is 0. The minimum atomic E-state index is -0.397. The quantitative estimate of drug-likeness (QED) is 0.435. The first-order valence-corrected chi connectivity index (χ1v) is 8.17. The van der Waals surface area contributed by atoms with Crippen LogP contribution in [0.5, 0.6) is 0 Å².